The number of hydrogen-bond acceptors (Lipinski definition) is 5. The molecule has 3 aliphatic heterocycles. The number of nitrogens with zero attached hydrogens (tertiary/aromatic N) is 3. The number of carbonyl (C=O) groups excluding carboxylic acids is 2. The Bertz CT molecular complexity index is 794. The summed E-state index contributed by atoms with van der Waals surface area (Å²) in [7, 11) is 0. The molecule has 3 aliphatic rings. The van der Waals surface area contributed by atoms with Gasteiger partial charge in [-0.15, -0.1) is 0 Å². The Morgan fingerprint density at radius 3 is 2.86 bits per heavy atom. The fraction of sp³-hybridized carbons (Fsp3) is 0.375. The van der Waals surface area contributed by atoms with Crippen molar-refractivity contribution in [1.29, 1.82) is 0 Å². The van der Waals surface area contributed by atoms with E-state index in [4.69, 9.17) is 4.74 Å². The van der Waals surface area contributed by atoms with Crippen LogP contribution in [0.4, 0.5) is 0 Å². The van der Waals surface area contributed by atoms with E-state index in [9.17, 15) is 9.59 Å². The van der Waals surface area contributed by atoms with Crippen molar-refractivity contribution in [2.45, 2.75) is 32.9 Å². The number of rotatable bonds is 1. The summed E-state index contributed by atoms with van der Waals surface area (Å²) in [5.41, 5.74) is 1.62. The third kappa shape index (κ3) is 1.44. The van der Waals surface area contributed by atoms with Crippen molar-refractivity contribution >= 4 is 23.7 Å². The average Bonchev–Trinajstić information content (AvgIpc) is 2.92. The van der Waals surface area contributed by atoms with E-state index in [0.717, 1.165) is 11.3 Å². The van der Waals surface area contributed by atoms with E-state index in [-0.39, 0.29) is 17.7 Å². The number of amidine groups is 1. The minimum absolute atomic E-state index is 0.000253. The van der Waals surface area contributed by atoms with Gasteiger partial charge in [0.25, 0.3) is 11.8 Å². The first-order valence-electron chi connectivity index (χ1n) is 7.24. The van der Waals surface area contributed by atoms with Gasteiger partial charge in [-0.1, -0.05) is 13.8 Å². The van der Waals surface area contributed by atoms with Gasteiger partial charge in [0.15, 0.2) is 5.84 Å². The highest BCUT2D eigenvalue weighted by Gasteiger charge is 2.54. The Balaban J connectivity index is 1.93. The number of imide groups is 1. The lowest BCUT2D eigenvalue weighted by molar-refractivity contribution is -0.130. The molecule has 0 fully saturated rings. The lowest BCUT2D eigenvalue weighted by atomic mass is 9.88. The smallest absolute Gasteiger partial charge is 0.268 e. The maximum Gasteiger partial charge on any atom is 0.268 e. The van der Waals surface area contributed by atoms with Crippen molar-refractivity contribution in [1.82, 2.24) is 9.88 Å². The van der Waals surface area contributed by atoms with Gasteiger partial charge >= 0.3 is 0 Å². The maximum absolute atomic E-state index is 12.7. The van der Waals surface area contributed by atoms with Crippen LogP contribution in [0.15, 0.2) is 17.3 Å². The van der Waals surface area contributed by atoms with Crippen LogP contribution >= 0.6 is 0 Å². The molecule has 0 saturated heterocycles. The lowest BCUT2D eigenvalue weighted by Gasteiger charge is -2.24. The second-order valence-corrected chi connectivity index (χ2v) is 6.23. The molecule has 4 rings (SSSR count). The minimum atomic E-state index is -0.904. The Morgan fingerprint density at radius 2 is 2.14 bits per heavy atom. The summed E-state index contributed by atoms with van der Waals surface area (Å²) >= 11 is 0. The van der Waals surface area contributed by atoms with E-state index >= 15 is 0 Å². The molecule has 22 heavy (non-hydrogen) atoms. The van der Waals surface area contributed by atoms with E-state index in [0.29, 0.717) is 23.7 Å². The monoisotopic (exact) mass is 297 g/mol. The zero-order chi connectivity index (χ0) is 15.6. The molecule has 4 heterocycles. The van der Waals surface area contributed by atoms with Crippen LogP contribution in [0.2, 0.25) is 0 Å². The van der Waals surface area contributed by atoms with Crippen LogP contribution in [-0.2, 0) is 16.1 Å². The lowest BCUT2D eigenvalue weighted by Crippen LogP contribution is -2.44. The van der Waals surface area contributed by atoms with Crippen LogP contribution in [0.3, 0.4) is 0 Å². The van der Waals surface area contributed by atoms with Crippen LogP contribution in [0.1, 0.15) is 48.1 Å². The van der Waals surface area contributed by atoms with E-state index in [1.165, 1.54) is 4.90 Å². The molecule has 1 aromatic heterocycles. The van der Waals surface area contributed by atoms with Crippen molar-refractivity contribution in [2.24, 2.45) is 10.9 Å². The molecule has 0 aromatic carbocycles. The fourth-order valence-electron chi connectivity index (χ4n) is 2.90. The Kier molecular flexibility index (Phi) is 2.41. The van der Waals surface area contributed by atoms with Crippen LogP contribution in [0.25, 0.3) is 6.08 Å². The summed E-state index contributed by atoms with van der Waals surface area (Å²) in [5, 5.41) is 0. The minimum Gasteiger partial charge on any atom is -0.496 e. The Hall–Kier alpha value is -2.50. The molecule has 0 radical (unpaired) electrons. The molecule has 1 unspecified atom stereocenters. The van der Waals surface area contributed by atoms with Crippen molar-refractivity contribution < 1.29 is 14.3 Å². The van der Waals surface area contributed by atoms with Gasteiger partial charge < -0.3 is 4.74 Å². The van der Waals surface area contributed by atoms with Crippen molar-refractivity contribution in [3.05, 3.63) is 34.8 Å². The van der Waals surface area contributed by atoms with Gasteiger partial charge in [0.1, 0.15) is 17.8 Å². The van der Waals surface area contributed by atoms with Gasteiger partial charge in [-0.05, 0) is 25.0 Å². The topological polar surface area (TPSA) is 71.9 Å². The van der Waals surface area contributed by atoms with Crippen molar-refractivity contribution in [2.75, 3.05) is 0 Å². The number of hydrogen-bond donors (Lipinski definition) is 0. The molecule has 112 valence electrons. The molecule has 0 aliphatic carbocycles. The molecule has 6 nitrogen and oxygen atoms in total. The van der Waals surface area contributed by atoms with E-state index in [2.05, 4.69) is 9.98 Å². The van der Waals surface area contributed by atoms with Crippen LogP contribution < -0.4 is 0 Å². The Labute approximate surface area is 127 Å². The number of amides is 2. The molecule has 6 heteroatoms. The van der Waals surface area contributed by atoms with Gasteiger partial charge in [-0.2, -0.15) is 0 Å². The molecule has 0 saturated carbocycles. The van der Waals surface area contributed by atoms with Crippen LogP contribution in [-0.4, -0.2) is 33.1 Å². The largest absolute Gasteiger partial charge is 0.496 e. The summed E-state index contributed by atoms with van der Waals surface area (Å²) in [6.07, 6.45) is 3.33. The molecule has 2 amide bonds. The van der Waals surface area contributed by atoms with Gasteiger partial charge in [0, 0.05) is 5.56 Å². The third-order valence-electron chi connectivity index (χ3n) is 4.65. The fourth-order valence-corrected chi connectivity index (χ4v) is 2.90. The first kappa shape index (κ1) is 13.2. The molecular formula is C16H15N3O3. The second-order valence-electron chi connectivity index (χ2n) is 6.23. The van der Waals surface area contributed by atoms with Gasteiger partial charge in [-0.25, -0.2) is 14.9 Å². The normalized spacial score (nSPS) is 25.1. The van der Waals surface area contributed by atoms with Crippen molar-refractivity contribution in [3.63, 3.8) is 0 Å². The summed E-state index contributed by atoms with van der Waals surface area (Å²) in [5.74, 6) is -0.234. The summed E-state index contributed by atoms with van der Waals surface area (Å²) < 4.78 is 5.23. The molecule has 0 spiro atoms. The van der Waals surface area contributed by atoms with Crippen LogP contribution in [0, 0.1) is 5.92 Å². The highest BCUT2D eigenvalue weighted by atomic mass is 16.5. The predicted octanol–water partition coefficient (Wildman–Crippen LogP) is 1.74. The summed E-state index contributed by atoms with van der Waals surface area (Å²) in [6.45, 7) is 6.00. The third-order valence-corrected chi connectivity index (χ3v) is 4.65. The summed E-state index contributed by atoms with van der Waals surface area (Å²) in [6, 6.07) is 1.75. The molecular weight excluding hydrogens is 282 g/mol. The standard InChI is InChI=1S/C16H15N3O3/c1-8(2)16(3)15(21)19-13(18-16)12-10(14(19)20)6-9-7-22-5-4-11(9)17-12/h4-6,8H,7H2,1-3H3. The molecule has 1 atom stereocenters. The SMILES string of the molecule is CC(C)C1(C)N=C2c3nc4c(cc3C(=O)N2C1=O)COC=C4. The molecule has 1 aromatic rings. The number of ether oxygens (including phenoxy) is 1. The van der Waals surface area contributed by atoms with E-state index in [1.807, 2.05) is 13.8 Å². The second kappa shape index (κ2) is 4.03. The highest BCUT2D eigenvalue weighted by molar-refractivity contribution is 6.33. The molecule has 0 bridgehead atoms. The van der Waals surface area contributed by atoms with E-state index < -0.39 is 5.54 Å². The van der Waals surface area contributed by atoms with Crippen LogP contribution in [0.5, 0.6) is 0 Å². The Morgan fingerprint density at radius 1 is 1.36 bits per heavy atom. The number of aromatic nitrogens is 1. The summed E-state index contributed by atoms with van der Waals surface area (Å²) in [4.78, 5) is 35.6. The predicted molar refractivity (Wildman–Crippen MR) is 79.0 cm³/mol. The van der Waals surface area contributed by atoms with Crippen molar-refractivity contribution in [3.8, 4) is 0 Å². The first-order chi connectivity index (χ1) is 10.4. The average molecular weight is 297 g/mol. The van der Waals surface area contributed by atoms with Gasteiger partial charge in [0.05, 0.1) is 17.5 Å². The number of pyridine rings is 1. The zero-order valence-corrected chi connectivity index (χ0v) is 12.6. The van der Waals surface area contributed by atoms with E-state index in [1.54, 1.807) is 25.3 Å². The van der Waals surface area contributed by atoms with Gasteiger partial charge in [0.2, 0.25) is 0 Å². The zero-order valence-electron chi connectivity index (χ0n) is 12.6. The maximum atomic E-state index is 12.7. The highest BCUT2D eigenvalue weighted by Crippen LogP contribution is 2.37. The number of carbonyl (C=O) groups is 2. The number of aliphatic imine (C=N–C) groups is 1. The first-order valence-corrected chi connectivity index (χ1v) is 7.24. The molecule has 0 N–H and O–H groups in total. The van der Waals surface area contributed by atoms with Gasteiger partial charge in [-0.3, -0.25) is 9.59 Å². The number of fused-ring (bicyclic) bond motifs is 4. The quantitative estimate of drug-likeness (QED) is 0.740.